The summed E-state index contributed by atoms with van der Waals surface area (Å²) in [5, 5.41) is 8.57. The van der Waals surface area contributed by atoms with Crippen LogP contribution in [0.1, 0.15) is 12.0 Å². The van der Waals surface area contributed by atoms with Crippen molar-refractivity contribution in [3.05, 3.63) is 23.8 Å². The highest BCUT2D eigenvalue weighted by Gasteiger charge is 2.11. The van der Waals surface area contributed by atoms with Crippen molar-refractivity contribution in [1.29, 1.82) is 0 Å². The molecule has 0 aliphatic rings. The average Bonchev–Trinajstić information content (AvgIpc) is 2.25. The van der Waals surface area contributed by atoms with Crippen LogP contribution in [-0.2, 0) is 21.3 Å². The zero-order valence-electron chi connectivity index (χ0n) is 10.0. The molecule has 1 aromatic carbocycles. The number of hydrogen-bond acceptors (Lipinski definition) is 5. The Kier molecular flexibility index (Phi) is 4.55. The third-order valence-electron chi connectivity index (χ3n) is 2.10. The van der Waals surface area contributed by atoms with Gasteiger partial charge in [0.15, 0.2) is 11.5 Å². The van der Waals surface area contributed by atoms with Crippen molar-refractivity contribution in [2.24, 2.45) is 0 Å². The van der Waals surface area contributed by atoms with Gasteiger partial charge in [-0.1, -0.05) is 6.07 Å². The minimum atomic E-state index is -3.62. The number of ether oxygens (including phenoxy) is 1. The lowest BCUT2D eigenvalue weighted by Crippen LogP contribution is -2.07. The van der Waals surface area contributed by atoms with Gasteiger partial charge in [0, 0.05) is 6.42 Å². The number of benzene rings is 1. The van der Waals surface area contributed by atoms with Gasteiger partial charge in [-0.3, -0.25) is 4.79 Å². The molecular weight excluding hydrogens is 260 g/mol. The van der Waals surface area contributed by atoms with Gasteiger partial charge >= 0.3 is 16.1 Å². The largest absolute Gasteiger partial charge is 0.493 e. The van der Waals surface area contributed by atoms with Gasteiger partial charge in [-0.25, -0.2) is 0 Å². The van der Waals surface area contributed by atoms with Crippen molar-refractivity contribution in [3.63, 3.8) is 0 Å². The van der Waals surface area contributed by atoms with Gasteiger partial charge in [0.05, 0.1) is 13.4 Å². The first kappa shape index (κ1) is 14.3. The molecule has 0 heterocycles. The van der Waals surface area contributed by atoms with E-state index in [1.165, 1.54) is 13.2 Å². The molecule has 100 valence electrons. The van der Waals surface area contributed by atoms with E-state index in [1.54, 1.807) is 12.1 Å². The van der Waals surface area contributed by atoms with Gasteiger partial charge in [0.1, 0.15) is 0 Å². The van der Waals surface area contributed by atoms with E-state index in [0.29, 0.717) is 6.42 Å². The zero-order chi connectivity index (χ0) is 13.8. The lowest BCUT2D eigenvalue weighted by atomic mass is 10.1. The molecule has 7 heteroatoms. The smallest absolute Gasteiger partial charge is 0.306 e. The third kappa shape index (κ3) is 4.62. The summed E-state index contributed by atoms with van der Waals surface area (Å²) in [5.74, 6) is -0.562. The molecule has 1 N–H and O–H groups in total. The summed E-state index contributed by atoms with van der Waals surface area (Å²) in [6.45, 7) is 0. The molecule has 0 aliphatic carbocycles. The third-order valence-corrected chi connectivity index (χ3v) is 2.58. The second-order valence-electron chi connectivity index (χ2n) is 3.67. The highest BCUT2D eigenvalue weighted by Crippen LogP contribution is 2.29. The maximum Gasteiger partial charge on any atom is 0.306 e. The van der Waals surface area contributed by atoms with Crippen LogP contribution in [0.3, 0.4) is 0 Å². The van der Waals surface area contributed by atoms with Gasteiger partial charge in [0.25, 0.3) is 0 Å². The van der Waals surface area contributed by atoms with Crippen LogP contribution in [0.4, 0.5) is 0 Å². The standard InChI is InChI=1S/C11H14O6S/c1-16-10-7-8(4-6-11(12)13)3-5-9(10)17-18(2,14)15/h3,5,7H,4,6H2,1-2H3,(H,12,13). The molecular formula is C11H14O6S. The Bertz CT molecular complexity index is 534. The van der Waals surface area contributed by atoms with Crippen LogP contribution in [0.25, 0.3) is 0 Å². The quantitative estimate of drug-likeness (QED) is 0.780. The Morgan fingerprint density at radius 1 is 1.33 bits per heavy atom. The molecule has 0 aliphatic heterocycles. The van der Waals surface area contributed by atoms with Crippen LogP contribution < -0.4 is 8.92 Å². The number of aliphatic carboxylic acids is 1. The normalized spacial score (nSPS) is 11.0. The van der Waals surface area contributed by atoms with Crippen LogP contribution in [0.5, 0.6) is 11.5 Å². The number of carboxylic acids is 1. The molecule has 0 unspecified atom stereocenters. The minimum Gasteiger partial charge on any atom is -0.493 e. The number of carbonyl (C=O) groups is 1. The van der Waals surface area contributed by atoms with Gasteiger partial charge in [-0.15, -0.1) is 0 Å². The van der Waals surface area contributed by atoms with E-state index in [2.05, 4.69) is 0 Å². The fraction of sp³-hybridized carbons (Fsp3) is 0.364. The molecule has 0 fully saturated rings. The van der Waals surface area contributed by atoms with Gasteiger partial charge < -0.3 is 14.0 Å². The first-order valence-electron chi connectivity index (χ1n) is 5.10. The topological polar surface area (TPSA) is 89.9 Å². The molecule has 18 heavy (non-hydrogen) atoms. The second-order valence-corrected chi connectivity index (χ2v) is 5.24. The van der Waals surface area contributed by atoms with E-state index in [4.69, 9.17) is 14.0 Å². The van der Waals surface area contributed by atoms with E-state index in [0.717, 1.165) is 11.8 Å². The molecule has 0 bridgehead atoms. The molecule has 0 aromatic heterocycles. The minimum absolute atomic E-state index is 0.00453. The van der Waals surface area contributed by atoms with Crippen molar-refractivity contribution in [1.82, 2.24) is 0 Å². The molecule has 0 saturated heterocycles. The molecule has 0 saturated carbocycles. The van der Waals surface area contributed by atoms with Crippen molar-refractivity contribution in [2.75, 3.05) is 13.4 Å². The van der Waals surface area contributed by atoms with Crippen molar-refractivity contribution in [2.45, 2.75) is 12.8 Å². The lowest BCUT2D eigenvalue weighted by molar-refractivity contribution is -0.136. The Balaban J connectivity index is 2.93. The summed E-state index contributed by atoms with van der Waals surface area (Å²) in [6, 6.07) is 4.60. The monoisotopic (exact) mass is 274 g/mol. The molecule has 0 radical (unpaired) electrons. The predicted octanol–water partition coefficient (Wildman–Crippen LogP) is 1.05. The zero-order valence-corrected chi connectivity index (χ0v) is 10.9. The number of carboxylic acid groups (broad SMARTS) is 1. The lowest BCUT2D eigenvalue weighted by Gasteiger charge is -2.10. The number of hydrogen-bond donors (Lipinski definition) is 1. The van der Waals surface area contributed by atoms with Gasteiger partial charge in [0.2, 0.25) is 0 Å². The van der Waals surface area contributed by atoms with Crippen LogP contribution in [0.2, 0.25) is 0 Å². The van der Waals surface area contributed by atoms with Crippen molar-refractivity contribution < 1.29 is 27.2 Å². The van der Waals surface area contributed by atoms with E-state index < -0.39 is 16.1 Å². The molecule has 0 atom stereocenters. The maximum atomic E-state index is 11.0. The first-order chi connectivity index (χ1) is 8.31. The van der Waals surface area contributed by atoms with Crippen LogP contribution in [-0.4, -0.2) is 32.9 Å². The van der Waals surface area contributed by atoms with Crippen LogP contribution in [0.15, 0.2) is 18.2 Å². The Morgan fingerprint density at radius 2 is 2.00 bits per heavy atom. The van der Waals surface area contributed by atoms with Crippen LogP contribution >= 0.6 is 0 Å². The van der Waals surface area contributed by atoms with Gasteiger partial charge in [-0.2, -0.15) is 8.42 Å². The molecule has 0 spiro atoms. The van der Waals surface area contributed by atoms with E-state index >= 15 is 0 Å². The Morgan fingerprint density at radius 3 is 2.50 bits per heavy atom. The number of methoxy groups -OCH3 is 1. The summed E-state index contributed by atoms with van der Waals surface area (Å²) in [7, 11) is -2.24. The average molecular weight is 274 g/mol. The Labute approximate surface area is 105 Å². The SMILES string of the molecule is COc1cc(CCC(=O)O)ccc1OS(C)(=O)=O. The van der Waals surface area contributed by atoms with E-state index in [1.807, 2.05) is 0 Å². The fourth-order valence-corrected chi connectivity index (χ4v) is 1.81. The second kappa shape index (κ2) is 5.72. The summed E-state index contributed by atoms with van der Waals surface area (Å²) < 4.78 is 31.8. The van der Waals surface area contributed by atoms with Crippen molar-refractivity contribution >= 4 is 16.1 Å². The Hall–Kier alpha value is -1.76. The fourth-order valence-electron chi connectivity index (χ4n) is 1.35. The summed E-state index contributed by atoms with van der Waals surface area (Å²) >= 11 is 0. The molecule has 0 amide bonds. The van der Waals surface area contributed by atoms with E-state index in [-0.39, 0.29) is 17.9 Å². The summed E-state index contributed by atoms with van der Waals surface area (Å²) in [4.78, 5) is 10.4. The van der Waals surface area contributed by atoms with E-state index in [9.17, 15) is 13.2 Å². The molecule has 1 aromatic rings. The highest BCUT2D eigenvalue weighted by molar-refractivity contribution is 7.86. The molecule has 6 nitrogen and oxygen atoms in total. The summed E-state index contributed by atoms with van der Waals surface area (Å²) in [6.07, 6.45) is 1.27. The number of rotatable bonds is 6. The molecule has 1 rings (SSSR count). The maximum absolute atomic E-state index is 11.0. The van der Waals surface area contributed by atoms with Crippen molar-refractivity contribution in [3.8, 4) is 11.5 Å². The van der Waals surface area contributed by atoms with Gasteiger partial charge in [-0.05, 0) is 24.1 Å². The van der Waals surface area contributed by atoms with Crippen LogP contribution in [0, 0.1) is 0 Å². The highest BCUT2D eigenvalue weighted by atomic mass is 32.2. The first-order valence-corrected chi connectivity index (χ1v) is 6.91. The summed E-state index contributed by atoms with van der Waals surface area (Å²) in [5.41, 5.74) is 0.732. The number of aryl methyl sites for hydroxylation is 1. The predicted molar refractivity (Wildman–Crippen MR) is 64.4 cm³/mol.